The highest BCUT2D eigenvalue weighted by atomic mass is 16.2. The molecule has 4 aromatic rings. The summed E-state index contributed by atoms with van der Waals surface area (Å²) >= 11 is 0. The van der Waals surface area contributed by atoms with Crippen LogP contribution >= 0.6 is 0 Å². The lowest BCUT2D eigenvalue weighted by atomic mass is 9.99. The number of aromatic nitrogens is 3. The lowest BCUT2D eigenvalue weighted by molar-refractivity contribution is 0.0788. The van der Waals surface area contributed by atoms with Crippen LogP contribution in [0.5, 0.6) is 0 Å². The molecule has 6 nitrogen and oxygen atoms in total. The molecule has 0 saturated heterocycles. The van der Waals surface area contributed by atoms with Crippen LogP contribution in [0, 0.1) is 0 Å². The quantitative estimate of drug-likeness (QED) is 0.573. The number of hydrogen-bond donors (Lipinski definition) is 2. The normalized spacial score (nSPS) is 11.6. The molecule has 2 heterocycles. The van der Waals surface area contributed by atoms with Crippen molar-refractivity contribution < 1.29 is 4.79 Å². The number of carbonyl (C=O) groups is 1. The summed E-state index contributed by atoms with van der Waals surface area (Å²) in [5, 5.41) is 9.17. The molecule has 0 fully saturated rings. The van der Waals surface area contributed by atoms with Gasteiger partial charge in [-0.15, -0.1) is 0 Å². The van der Waals surface area contributed by atoms with E-state index in [1.165, 1.54) is 5.39 Å². The number of fused-ring (bicyclic) bond motifs is 2. The summed E-state index contributed by atoms with van der Waals surface area (Å²) < 4.78 is 0. The van der Waals surface area contributed by atoms with Crippen LogP contribution in [0.3, 0.4) is 0 Å². The molecule has 6 heteroatoms. The lowest BCUT2D eigenvalue weighted by Crippen LogP contribution is -2.33. The molecule has 1 amide bonds. The minimum atomic E-state index is 0.00560. The molecule has 0 unspecified atom stereocenters. The molecule has 0 radical (unpaired) electrons. The van der Waals surface area contributed by atoms with Gasteiger partial charge in [-0.05, 0) is 54.9 Å². The Bertz CT molecular complexity index is 1110. The van der Waals surface area contributed by atoms with Crippen LogP contribution in [0.2, 0.25) is 0 Å². The molecule has 4 rings (SSSR count). The zero-order chi connectivity index (χ0) is 19.0. The van der Waals surface area contributed by atoms with Gasteiger partial charge in [-0.25, -0.2) is 0 Å². The number of aromatic amines is 2. The molecule has 0 bridgehead atoms. The molecule has 0 aliphatic rings. The van der Waals surface area contributed by atoms with E-state index in [0.717, 1.165) is 34.1 Å². The summed E-state index contributed by atoms with van der Waals surface area (Å²) in [4.78, 5) is 20.2. The van der Waals surface area contributed by atoms with Gasteiger partial charge in [0.15, 0.2) is 0 Å². The van der Waals surface area contributed by atoms with E-state index in [-0.39, 0.29) is 5.91 Å². The Morgan fingerprint density at radius 1 is 1.00 bits per heavy atom. The first-order valence-electron chi connectivity index (χ1n) is 8.98. The first-order valence-corrected chi connectivity index (χ1v) is 8.98. The third-order valence-corrected chi connectivity index (χ3v) is 4.91. The summed E-state index contributed by atoms with van der Waals surface area (Å²) in [7, 11) is 5.85. The largest absolute Gasteiger partial charge is 0.361 e. The molecule has 0 aliphatic heterocycles. The maximum atomic E-state index is 13.1. The zero-order valence-corrected chi connectivity index (χ0v) is 15.8. The van der Waals surface area contributed by atoms with Gasteiger partial charge in [0.1, 0.15) is 0 Å². The van der Waals surface area contributed by atoms with Gasteiger partial charge in [-0.2, -0.15) is 5.10 Å². The Hall–Kier alpha value is -3.12. The number of amides is 1. The SMILES string of the molecule is CN(C)CCN(C)C(=O)c1cc(-c2ccc3cc[nH]c3c2)cc2[nH]ncc12. The number of benzene rings is 2. The third-order valence-electron chi connectivity index (χ3n) is 4.91. The van der Waals surface area contributed by atoms with Crippen molar-refractivity contribution in [3.63, 3.8) is 0 Å². The maximum absolute atomic E-state index is 13.1. The van der Waals surface area contributed by atoms with Gasteiger partial charge in [0, 0.05) is 37.2 Å². The van der Waals surface area contributed by atoms with E-state index in [1.54, 1.807) is 11.1 Å². The van der Waals surface area contributed by atoms with Crippen LogP contribution in [0.25, 0.3) is 32.9 Å². The Kier molecular flexibility index (Phi) is 4.41. The highest BCUT2D eigenvalue weighted by molar-refractivity contribution is 6.07. The summed E-state index contributed by atoms with van der Waals surface area (Å²) in [6, 6.07) is 12.3. The number of nitrogens with one attached hydrogen (secondary N) is 2. The molecule has 27 heavy (non-hydrogen) atoms. The first-order chi connectivity index (χ1) is 13.0. The molecule has 0 spiro atoms. The Balaban J connectivity index is 1.76. The fourth-order valence-electron chi connectivity index (χ4n) is 3.28. The minimum Gasteiger partial charge on any atom is -0.361 e. The predicted molar refractivity (Wildman–Crippen MR) is 109 cm³/mol. The molecule has 0 atom stereocenters. The highest BCUT2D eigenvalue weighted by Crippen LogP contribution is 2.29. The molecule has 2 aromatic carbocycles. The van der Waals surface area contributed by atoms with Crippen molar-refractivity contribution in [2.45, 2.75) is 0 Å². The van der Waals surface area contributed by atoms with E-state index < -0.39 is 0 Å². The predicted octanol–water partition coefficient (Wildman–Crippen LogP) is 3.34. The Morgan fingerprint density at radius 2 is 1.81 bits per heavy atom. The van der Waals surface area contributed by atoms with E-state index in [0.29, 0.717) is 12.1 Å². The second-order valence-corrected chi connectivity index (χ2v) is 7.16. The standard InChI is InChI=1S/C21H23N5O/c1-25(2)8-9-26(3)21(27)17-10-16(12-20-18(17)13-23-24-20)15-5-4-14-6-7-22-19(14)11-15/h4-7,10-13,22H,8-9H2,1-3H3,(H,23,24). The van der Waals surface area contributed by atoms with Gasteiger partial charge in [0.2, 0.25) is 0 Å². The van der Waals surface area contributed by atoms with E-state index in [1.807, 2.05) is 45.5 Å². The molecular formula is C21H23N5O. The van der Waals surface area contributed by atoms with Gasteiger partial charge in [-0.3, -0.25) is 9.89 Å². The number of nitrogens with zero attached hydrogens (tertiary/aromatic N) is 3. The van der Waals surface area contributed by atoms with Crippen LogP contribution in [0.15, 0.2) is 48.8 Å². The number of hydrogen-bond acceptors (Lipinski definition) is 3. The van der Waals surface area contributed by atoms with Gasteiger partial charge >= 0.3 is 0 Å². The van der Waals surface area contributed by atoms with E-state index in [9.17, 15) is 4.79 Å². The summed E-state index contributed by atoms with van der Waals surface area (Å²) in [5.74, 6) is 0.00560. The molecule has 0 saturated carbocycles. The van der Waals surface area contributed by atoms with E-state index in [4.69, 9.17) is 0 Å². The summed E-state index contributed by atoms with van der Waals surface area (Å²) in [6.45, 7) is 1.49. The topological polar surface area (TPSA) is 68.0 Å². The smallest absolute Gasteiger partial charge is 0.254 e. The highest BCUT2D eigenvalue weighted by Gasteiger charge is 2.18. The molecule has 2 aromatic heterocycles. The zero-order valence-electron chi connectivity index (χ0n) is 15.8. The van der Waals surface area contributed by atoms with Gasteiger partial charge < -0.3 is 14.8 Å². The molecule has 138 valence electrons. The van der Waals surface area contributed by atoms with Gasteiger partial charge in [0.05, 0.1) is 17.3 Å². The molecule has 0 aliphatic carbocycles. The molecular weight excluding hydrogens is 338 g/mol. The van der Waals surface area contributed by atoms with E-state index in [2.05, 4.69) is 38.3 Å². The minimum absolute atomic E-state index is 0.00560. The monoisotopic (exact) mass is 361 g/mol. The van der Waals surface area contributed by atoms with Gasteiger partial charge in [0.25, 0.3) is 5.91 Å². The fraction of sp³-hybridized carbons (Fsp3) is 0.238. The van der Waals surface area contributed by atoms with Crippen LogP contribution in [-0.2, 0) is 0 Å². The second kappa shape index (κ2) is 6.89. The number of H-pyrrole nitrogens is 2. The Labute approximate surface area is 157 Å². The summed E-state index contributed by atoms with van der Waals surface area (Å²) in [6.07, 6.45) is 3.65. The van der Waals surface area contributed by atoms with Crippen molar-refractivity contribution in [1.82, 2.24) is 25.0 Å². The first kappa shape index (κ1) is 17.3. The van der Waals surface area contributed by atoms with Crippen molar-refractivity contribution in [1.29, 1.82) is 0 Å². The number of rotatable bonds is 5. The van der Waals surface area contributed by atoms with Crippen LogP contribution in [-0.4, -0.2) is 65.1 Å². The number of carbonyl (C=O) groups excluding carboxylic acids is 1. The second-order valence-electron chi connectivity index (χ2n) is 7.16. The average Bonchev–Trinajstić information content (AvgIpc) is 3.32. The number of likely N-dealkylation sites (N-methyl/N-ethyl adjacent to an activating group) is 2. The van der Waals surface area contributed by atoms with Crippen molar-refractivity contribution >= 4 is 27.7 Å². The van der Waals surface area contributed by atoms with Crippen LogP contribution in [0.4, 0.5) is 0 Å². The van der Waals surface area contributed by atoms with Crippen molar-refractivity contribution in [2.75, 3.05) is 34.2 Å². The summed E-state index contributed by atoms with van der Waals surface area (Å²) in [5.41, 5.74) is 4.67. The van der Waals surface area contributed by atoms with Crippen molar-refractivity contribution in [3.8, 4) is 11.1 Å². The van der Waals surface area contributed by atoms with Gasteiger partial charge in [-0.1, -0.05) is 12.1 Å². The van der Waals surface area contributed by atoms with Crippen molar-refractivity contribution in [3.05, 3.63) is 54.4 Å². The molecule has 2 N–H and O–H groups in total. The third kappa shape index (κ3) is 3.31. The van der Waals surface area contributed by atoms with Crippen molar-refractivity contribution in [2.24, 2.45) is 0 Å². The lowest BCUT2D eigenvalue weighted by Gasteiger charge is -2.20. The fourth-order valence-corrected chi connectivity index (χ4v) is 3.28. The Morgan fingerprint density at radius 3 is 2.63 bits per heavy atom. The van der Waals surface area contributed by atoms with Crippen LogP contribution < -0.4 is 0 Å². The van der Waals surface area contributed by atoms with Crippen LogP contribution in [0.1, 0.15) is 10.4 Å². The van der Waals surface area contributed by atoms with E-state index >= 15 is 0 Å². The average molecular weight is 361 g/mol. The maximum Gasteiger partial charge on any atom is 0.254 e.